The van der Waals surface area contributed by atoms with Crippen LogP contribution in [0.4, 0.5) is 56.9 Å². The van der Waals surface area contributed by atoms with Crippen LogP contribution in [-0.2, 0) is 0 Å². The van der Waals surface area contributed by atoms with E-state index in [4.69, 9.17) is 22.1 Å². The lowest BCUT2D eigenvalue weighted by atomic mass is 10.1. The van der Waals surface area contributed by atoms with Crippen LogP contribution in [0.2, 0.25) is 0 Å². The summed E-state index contributed by atoms with van der Waals surface area (Å²) in [7, 11) is 4.22. The highest BCUT2D eigenvalue weighted by molar-refractivity contribution is 6.14. The molecule has 0 amide bonds. The first-order chi connectivity index (χ1) is 59.2. The van der Waals surface area contributed by atoms with E-state index in [1.54, 1.807) is 31.0 Å². The molecule has 122 heavy (non-hydrogen) atoms. The van der Waals surface area contributed by atoms with Crippen molar-refractivity contribution in [1.82, 2.24) is 34.7 Å². The minimum absolute atomic E-state index is 0.155. The van der Waals surface area contributed by atoms with Crippen molar-refractivity contribution in [1.29, 1.82) is 0 Å². The normalized spacial score (nSPS) is 17.3. The van der Waals surface area contributed by atoms with Gasteiger partial charge in [0.05, 0.1) is 51.2 Å². The van der Waals surface area contributed by atoms with Gasteiger partial charge in [0.1, 0.15) is 30.8 Å². The monoisotopic (exact) mass is 1610 g/mol. The zero-order chi connectivity index (χ0) is 84.2. The second-order valence-electron chi connectivity index (χ2n) is 32.9. The Labute approximate surface area is 709 Å². The Balaban J connectivity index is 0.000000101. The van der Waals surface area contributed by atoms with E-state index in [9.17, 15) is 0 Å². The van der Waals surface area contributed by atoms with Gasteiger partial charge in [-0.3, -0.25) is 0 Å². The number of anilines is 10. The Morgan fingerprint density at radius 2 is 0.590 bits per heavy atom. The van der Waals surface area contributed by atoms with E-state index in [-0.39, 0.29) is 30.8 Å². The quantitative estimate of drug-likeness (QED) is 0.141. The minimum atomic E-state index is 0.155. The van der Waals surface area contributed by atoms with Crippen molar-refractivity contribution >= 4 is 167 Å². The van der Waals surface area contributed by atoms with Gasteiger partial charge in [-0.15, -0.1) is 0 Å². The van der Waals surface area contributed by atoms with Crippen LogP contribution in [0.25, 0.3) is 110 Å². The predicted molar refractivity (Wildman–Crippen MR) is 500 cm³/mol. The summed E-state index contributed by atoms with van der Waals surface area (Å²) in [6, 6.07) is 70.1. The molecule has 0 aliphatic carbocycles. The number of pyridine rings is 5. The number of benzene rings is 8. The summed E-state index contributed by atoms with van der Waals surface area (Å²) in [5.74, 6) is 0. The molecule has 15 heterocycles. The molecule has 18 aromatic rings. The molecule has 612 valence electrons. The number of nitrogens with zero attached hydrogens (tertiary/aromatic N) is 15. The third-order valence-corrected chi connectivity index (χ3v) is 25.0. The summed E-state index contributed by atoms with van der Waals surface area (Å²) < 4.78 is 30.8. The number of fused-ring (bicyclic) bond motifs is 17. The number of aromatic nitrogens is 5. The molecule has 0 bridgehead atoms. The molecular weight excluding hydrogens is 1520 g/mol. The largest absolute Gasteiger partial charge is 0.435 e. The third-order valence-electron chi connectivity index (χ3n) is 25.0. The van der Waals surface area contributed by atoms with Gasteiger partial charge in [-0.05, 0) is 222 Å². The second kappa shape index (κ2) is 31.1. The fourth-order valence-electron chi connectivity index (χ4n) is 18.6. The fourth-order valence-corrected chi connectivity index (χ4v) is 18.6. The lowest BCUT2D eigenvalue weighted by Gasteiger charge is -2.33. The summed E-state index contributed by atoms with van der Waals surface area (Å²) in [4.78, 5) is 45.1. The van der Waals surface area contributed by atoms with Gasteiger partial charge in [0.15, 0.2) is 27.9 Å². The SMILES string of the molecule is Cc1ccc2c(oc3ncccc32)c1N1C=CN(C(C)C)C1C.Cc1ccc2c(oc3ncccc32)c1N1C=CN(C)C1C.Cc1ccc2c(oc3ncccc32)c1N1C=CN(c2ccccc2)C1C.Cc1ccc2c(oc3ncccc32)c1N1c2ccccc2N(C(C)C)C1C.Cc1ccc2c(oc3ncccc32)c1N1c2ccccc2N(C)C1C. The average Bonchev–Trinajstić information content (AvgIpc) is 1.57. The topological polar surface area (TPSA) is 163 Å². The highest BCUT2D eigenvalue weighted by Gasteiger charge is 2.39. The molecule has 0 saturated heterocycles. The van der Waals surface area contributed by atoms with Gasteiger partial charge in [-0.1, -0.05) is 103 Å². The summed E-state index contributed by atoms with van der Waals surface area (Å²) >= 11 is 0. The molecule has 0 spiro atoms. The first-order valence-corrected chi connectivity index (χ1v) is 42.1. The molecule has 8 aromatic carbocycles. The maximum absolute atomic E-state index is 6.26. The first-order valence-electron chi connectivity index (χ1n) is 42.1. The van der Waals surface area contributed by atoms with Crippen molar-refractivity contribution in [3.05, 3.63) is 296 Å². The van der Waals surface area contributed by atoms with Gasteiger partial charge in [0.2, 0.25) is 28.6 Å². The van der Waals surface area contributed by atoms with Crippen LogP contribution in [0.5, 0.6) is 0 Å². The molecule has 23 rings (SSSR count). The van der Waals surface area contributed by atoms with E-state index in [1.807, 2.05) is 36.4 Å². The molecule has 5 unspecified atom stereocenters. The Hall–Kier alpha value is -14.3. The Kier molecular flexibility index (Phi) is 19.8. The van der Waals surface area contributed by atoms with Gasteiger partial charge in [-0.25, -0.2) is 24.9 Å². The molecule has 20 nitrogen and oxygen atoms in total. The maximum atomic E-state index is 6.26. The van der Waals surface area contributed by atoms with Gasteiger partial charge >= 0.3 is 0 Å². The average molecular weight is 1620 g/mol. The number of hydrogen-bond acceptors (Lipinski definition) is 20. The molecule has 5 atom stereocenters. The Morgan fingerprint density at radius 1 is 0.270 bits per heavy atom. The van der Waals surface area contributed by atoms with Gasteiger partial charge in [0, 0.05) is 154 Å². The summed E-state index contributed by atoms with van der Waals surface area (Å²) in [6.07, 6.45) is 22.7. The summed E-state index contributed by atoms with van der Waals surface area (Å²) in [6.45, 7) is 30.7. The molecule has 0 saturated carbocycles. The van der Waals surface area contributed by atoms with Crippen molar-refractivity contribution in [2.24, 2.45) is 0 Å². The summed E-state index contributed by atoms with van der Waals surface area (Å²) in [5.41, 5.74) is 25.7. The van der Waals surface area contributed by atoms with Crippen molar-refractivity contribution in [3.8, 4) is 0 Å². The Morgan fingerprint density at radius 3 is 0.967 bits per heavy atom. The lowest BCUT2D eigenvalue weighted by molar-refractivity contribution is 0.263. The van der Waals surface area contributed by atoms with Crippen LogP contribution >= 0.6 is 0 Å². The molecule has 20 heteroatoms. The van der Waals surface area contributed by atoms with E-state index in [0.29, 0.717) is 40.7 Å². The van der Waals surface area contributed by atoms with Crippen molar-refractivity contribution < 1.29 is 22.1 Å². The number of rotatable bonds is 8. The van der Waals surface area contributed by atoms with E-state index >= 15 is 0 Å². The van der Waals surface area contributed by atoms with Crippen LogP contribution in [-0.4, -0.2) is 91.7 Å². The van der Waals surface area contributed by atoms with Gasteiger partial charge < -0.3 is 71.1 Å². The van der Waals surface area contributed by atoms with Crippen LogP contribution < -0.4 is 39.2 Å². The third kappa shape index (κ3) is 13.0. The zero-order valence-electron chi connectivity index (χ0n) is 71.7. The van der Waals surface area contributed by atoms with Crippen LogP contribution in [0, 0.1) is 34.6 Å². The minimum Gasteiger partial charge on any atom is -0.435 e. The van der Waals surface area contributed by atoms with Gasteiger partial charge in [-0.2, -0.15) is 0 Å². The number of furan rings is 5. The molecule has 5 aliphatic heterocycles. The molecule has 0 radical (unpaired) electrons. The van der Waals surface area contributed by atoms with Crippen molar-refractivity contribution in [3.63, 3.8) is 0 Å². The highest BCUT2D eigenvalue weighted by atomic mass is 16.4. The second-order valence-corrected chi connectivity index (χ2v) is 32.9. The van der Waals surface area contributed by atoms with E-state index < -0.39 is 0 Å². The molecule has 10 aromatic heterocycles. The molecule has 0 fully saturated rings. The van der Waals surface area contributed by atoms with Crippen molar-refractivity contribution in [2.75, 3.05) is 53.3 Å². The molecule has 0 N–H and O–H groups in total. The maximum Gasteiger partial charge on any atom is 0.227 e. The number of para-hydroxylation sites is 5. The predicted octanol–water partition coefficient (Wildman–Crippen LogP) is 25.2. The summed E-state index contributed by atoms with van der Waals surface area (Å²) in [5, 5.41) is 10.9. The number of aryl methyl sites for hydroxylation is 5. The lowest BCUT2D eigenvalue weighted by Crippen LogP contribution is -2.42. The van der Waals surface area contributed by atoms with Crippen molar-refractivity contribution in [2.45, 2.75) is 140 Å². The van der Waals surface area contributed by atoms with Gasteiger partial charge in [0.25, 0.3) is 0 Å². The Bertz CT molecular complexity index is 7140. The first kappa shape index (κ1) is 77.6. The van der Waals surface area contributed by atoms with E-state index in [1.165, 1.54) is 56.3 Å². The zero-order valence-corrected chi connectivity index (χ0v) is 71.7. The van der Waals surface area contributed by atoms with E-state index in [0.717, 1.165) is 110 Å². The molecular formula is C102H99N15O5. The number of hydrogen-bond donors (Lipinski definition) is 0. The van der Waals surface area contributed by atoms with Crippen LogP contribution in [0.1, 0.15) is 90.1 Å². The highest BCUT2D eigenvalue weighted by Crippen LogP contribution is 2.52. The standard InChI is InChI=1S/C23H23N3O.C22H19N3O.C21H19N3O.C19H21N3O.C17H17N3O/c1-14(2)25-16(4)26(20-10-6-5-9-19(20)25)21-15(3)11-12-17-18-8-7-13-24-23(18)27-22(17)21;1-15-10-11-18-19-9-6-12-23-22(19)26-21(18)20(15)25-14-13-24(16(25)2)17-7-4-3-5-8-17;1-13-10-11-15-16-7-6-12-22-21(16)25-20(15)19(13)24-14(2)23(3)17-8-4-5-9-18(17)24;1-12(2)21-10-11-22(14(21)4)17-13(3)7-8-15-16-6-5-9-20-19(16)23-18(15)17;1-11-6-7-13-14-5-4-8-18-17(14)21-16(13)15(11)20-10-9-19(3)12(20)2/h5-14,16H,1-4H3;3-14,16H,1-2H3;4-12,14H,1-3H3;5-12,14H,1-4H3;4-10,12H,1-3H3. The van der Waals surface area contributed by atoms with Crippen LogP contribution in [0.15, 0.2) is 290 Å². The van der Waals surface area contributed by atoms with E-state index in [2.05, 4.69) is 386 Å². The molecule has 5 aliphatic rings. The fraction of sp³-hybridized carbons (Fsp3) is 0.225. The van der Waals surface area contributed by atoms with Crippen LogP contribution in [0.3, 0.4) is 0 Å². The smallest absolute Gasteiger partial charge is 0.227 e.